The van der Waals surface area contributed by atoms with E-state index in [1.165, 1.54) is 19.3 Å². The largest absolute Gasteiger partial charge is 0.379 e. The number of rotatable bonds is 4. The number of halogens is 1. The number of H-pyrrole nitrogens is 1. The van der Waals surface area contributed by atoms with Crippen LogP contribution in [-0.4, -0.2) is 52.8 Å². The molecule has 2 N–H and O–H groups in total. The summed E-state index contributed by atoms with van der Waals surface area (Å²) in [7, 11) is 0. The van der Waals surface area contributed by atoms with Crippen molar-refractivity contribution < 1.29 is 9.53 Å². The Balaban J connectivity index is 1.49. The number of nitrogens with zero attached hydrogens (tertiary/aromatic N) is 2. The molecule has 7 heteroatoms. The number of aromatic amines is 1. The molecule has 140 valence electrons. The van der Waals surface area contributed by atoms with Gasteiger partial charge >= 0.3 is 0 Å². The standard InChI is InChI=1S/C19H25IN4O2/c20-18-15-12-14(4-5-16(15)22-23-18)21-17(25)13-19(6-2-1-3-7-19)24-8-10-26-11-9-24/h4-5,12H,1-3,6-11,13H2,(H,21,25)(H,22,23). The maximum Gasteiger partial charge on any atom is 0.226 e. The van der Waals surface area contributed by atoms with Crippen LogP contribution >= 0.6 is 22.6 Å². The first-order valence-electron chi connectivity index (χ1n) is 9.43. The van der Waals surface area contributed by atoms with Crippen molar-refractivity contribution in [2.24, 2.45) is 0 Å². The molecule has 0 bridgehead atoms. The van der Waals surface area contributed by atoms with Gasteiger partial charge in [-0.3, -0.25) is 14.8 Å². The van der Waals surface area contributed by atoms with Crippen LogP contribution in [0.25, 0.3) is 10.9 Å². The lowest BCUT2D eigenvalue weighted by Crippen LogP contribution is -2.55. The first-order chi connectivity index (χ1) is 12.7. The Morgan fingerprint density at radius 2 is 2.04 bits per heavy atom. The third-order valence-corrected chi connectivity index (χ3v) is 6.58. The van der Waals surface area contributed by atoms with Gasteiger partial charge in [-0.05, 0) is 53.6 Å². The third-order valence-electron chi connectivity index (χ3n) is 5.76. The highest BCUT2D eigenvalue weighted by Gasteiger charge is 2.40. The van der Waals surface area contributed by atoms with E-state index in [1.807, 2.05) is 18.2 Å². The fourth-order valence-electron chi connectivity index (χ4n) is 4.42. The SMILES string of the molecule is O=C(CC1(N2CCOCC2)CCCCC1)Nc1ccc2[nH]nc(I)c2c1. The molecule has 1 saturated heterocycles. The number of aromatic nitrogens is 2. The van der Waals surface area contributed by atoms with E-state index in [0.29, 0.717) is 6.42 Å². The van der Waals surface area contributed by atoms with Crippen LogP contribution in [0.2, 0.25) is 0 Å². The topological polar surface area (TPSA) is 70.2 Å². The zero-order valence-corrected chi connectivity index (χ0v) is 17.0. The maximum absolute atomic E-state index is 12.9. The Morgan fingerprint density at radius 1 is 1.27 bits per heavy atom. The summed E-state index contributed by atoms with van der Waals surface area (Å²) in [6, 6.07) is 5.91. The normalized spacial score (nSPS) is 21.0. The Hall–Kier alpha value is -1.19. The summed E-state index contributed by atoms with van der Waals surface area (Å²) in [4.78, 5) is 15.4. The number of ether oxygens (including phenoxy) is 1. The van der Waals surface area contributed by atoms with Gasteiger partial charge in [-0.2, -0.15) is 5.10 Å². The van der Waals surface area contributed by atoms with Crippen molar-refractivity contribution in [3.63, 3.8) is 0 Å². The van der Waals surface area contributed by atoms with Crippen molar-refractivity contribution in [2.45, 2.75) is 44.1 Å². The molecule has 2 fully saturated rings. The predicted molar refractivity (Wildman–Crippen MR) is 110 cm³/mol. The Kier molecular flexibility index (Phi) is 5.47. The molecule has 2 heterocycles. The molecular formula is C19H25IN4O2. The molecule has 0 unspecified atom stereocenters. The zero-order valence-electron chi connectivity index (χ0n) is 14.9. The first kappa shape index (κ1) is 18.2. The second kappa shape index (κ2) is 7.82. The molecule has 0 radical (unpaired) electrons. The van der Waals surface area contributed by atoms with Crippen molar-refractivity contribution >= 4 is 45.1 Å². The number of hydrogen-bond acceptors (Lipinski definition) is 4. The summed E-state index contributed by atoms with van der Waals surface area (Å²) >= 11 is 2.21. The summed E-state index contributed by atoms with van der Waals surface area (Å²) in [5.74, 6) is 0.108. The number of amides is 1. The predicted octanol–water partition coefficient (Wildman–Crippen LogP) is 3.53. The summed E-state index contributed by atoms with van der Waals surface area (Å²) < 4.78 is 6.45. The first-order valence-corrected chi connectivity index (χ1v) is 10.5. The highest BCUT2D eigenvalue weighted by atomic mass is 127. The zero-order chi connectivity index (χ0) is 18.0. The van der Waals surface area contributed by atoms with Crippen molar-refractivity contribution in [1.29, 1.82) is 0 Å². The average Bonchev–Trinajstić information content (AvgIpc) is 3.04. The average molecular weight is 468 g/mol. The van der Waals surface area contributed by atoms with Crippen LogP contribution in [0.15, 0.2) is 18.2 Å². The number of morpholine rings is 1. The van der Waals surface area contributed by atoms with Gasteiger partial charge in [0.15, 0.2) is 0 Å². The molecule has 2 aromatic rings. The molecule has 0 atom stereocenters. The third kappa shape index (κ3) is 3.75. The lowest BCUT2D eigenvalue weighted by atomic mass is 9.77. The van der Waals surface area contributed by atoms with E-state index in [4.69, 9.17) is 4.74 Å². The number of hydrogen-bond donors (Lipinski definition) is 2. The van der Waals surface area contributed by atoms with Crippen molar-refractivity contribution in [3.05, 3.63) is 21.9 Å². The van der Waals surface area contributed by atoms with Gasteiger partial charge in [-0.15, -0.1) is 0 Å². The molecule has 0 spiro atoms. The van der Waals surface area contributed by atoms with Gasteiger partial charge in [0.25, 0.3) is 0 Å². The van der Waals surface area contributed by atoms with Crippen molar-refractivity contribution in [1.82, 2.24) is 15.1 Å². The number of anilines is 1. The number of benzene rings is 1. The molecule has 1 amide bonds. The quantitative estimate of drug-likeness (QED) is 0.674. The van der Waals surface area contributed by atoms with E-state index in [9.17, 15) is 4.79 Å². The van der Waals surface area contributed by atoms with Crippen LogP contribution in [-0.2, 0) is 9.53 Å². The van der Waals surface area contributed by atoms with Gasteiger partial charge in [-0.1, -0.05) is 19.3 Å². The van der Waals surface area contributed by atoms with E-state index in [0.717, 1.165) is 59.4 Å². The van der Waals surface area contributed by atoms with Crippen LogP contribution in [0.4, 0.5) is 5.69 Å². The number of carbonyl (C=O) groups is 1. The summed E-state index contributed by atoms with van der Waals surface area (Å²) in [6.07, 6.45) is 6.49. The van der Waals surface area contributed by atoms with Crippen LogP contribution < -0.4 is 5.32 Å². The van der Waals surface area contributed by atoms with E-state index in [1.54, 1.807) is 0 Å². The maximum atomic E-state index is 12.9. The number of carbonyl (C=O) groups excluding carboxylic acids is 1. The monoisotopic (exact) mass is 468 g/mol. The highest BCUT2D eigenvalue weighted by Crippen LogP contribution is 2.37. The fourth-order valence-corrected chi connectivity index (χ4v) is 4.98. The Labute approximate surface area is 167 Å². The van der Waals surface area contributed by atoms with E-state index in [-0.39, 0.29) is 11.4 Å². The van der Waals surface area contributed by atoms with Gasteiger partial charge < -0.3 is 10.1 Å². The van der Waals surface area contributed by atoms with Crippen LogP contribution in [0, 0.1) is 3.70 Å². The molecule has 26 heavy (non-hydrogen) atoms. The van der Waals surface area contributed by atoms with Crippen LogP contribution in [0.3, 0.4) is 0 Å². The summed E-state index contributed by atoms with van der Waals surface area (Å²) in [6.45, 7) is 3.43. The molecule has 2 aliphatic rings. The molecule has 1 saturated carbocycles. The van der Waals surface area contributed by atoms with Crippen LogP contribution in [0.5, 0.6) is 0 Å². The van der Waals surface area contributed by atoms with E-state index in [2.05, 4.69) is 43.0 Å². The summed E-state index contributed by atoms with van der Waals surface area (Å²) in [5.41, 5.74) is 1.83. The Morgan fingerprint density at radius 3 is 2.81 bits per heavy atom. The highest BCUT2D eigenvalue weighted by molar-refractivity contribution is 14.1. The molecule has 6 nitrogen and oxygen atoms in total. The fraction of sp³-hybridized carbons (Fsp3) is 0.579. The lowest BCUT2D eigenvalue weighted by Gasteiger charge is -2.47. The van der Waals surface area contributed by atoms with Gasteiger partial charge in [0.2, 0.25) is 5.91 Å². The molecule has 1 aliphatic carbocycles. The molecular weight excluding hydrogens is 443 g/mol. The molecule has 1 aromatic carbocycles. The van der Waals surface area contributed by atoms with Gasteiger partial charge in [0, 0.05) is 36.1 Å². The van der Waals surface area contributed by atoms with Gasteiger partial charge in [0.05, 0.1) is 18.7 Å². The molecule has 1 aromatic heterocycles. The summed E-state index contributed by atoms with van der Waals surface area (Å²) in [5, 5.41) is 11.4. The van der Waals surface area contributed by atoms with E-state index >= 15 is 0 Å². The molecule has 1 aliphatic heterocycles. The van der Waals surface area contributed by atoms with Gasteiger partial charge in [-0.25, -0.2) is 0 Å². The van der Waals surface area contributed by atoms with Gasteiger partial charge in [0.1, 0.15) is 3.70 Å². The minimum absolute atomic E-state index is 0.000276. The molecule has 4 rings (SSSR count). The second-order valence-corrected chi connectivity index (χ2v) is 8.41. The minimum atomic E-state index is 0.000276. The Bertz CT molecular complexity index is 779. The van der Waals surface area contributed by atoms with Crippen LogP contribution in [0.1, 0.15) is 38.5 Å². The lowest BCUT2D eigenvalue weighted by molar-refractivity contribution is -0.121. The number of fused-ring (bicyclic) bond motifs is 1. The van der Waals surface area contributed by atoms with Crippen molar-refractivity contribution in [3.8, 4) is 0 Å². The minimum Gasteiger partial charge on any atom is -0.379 e. The van der Waals surface area contributed by atoms with Crippen molar-refractivity contribution in [2.75, 3.05) is 31.6 Å². The number of nitrogens with one attached hydrogen (secondary N) is 2. The van der Waals surface area contributed by atoms with E-state index < -0.39 is 0 Å². The smallest absolute Gasteiger partial charge is 0.226 e. The second-order valence-electron chi connectivity index (χ2n) is 7.38.